The number of hydrogen-bond donors (Lipinski definition) is 0. The number of rotatable bonds is 9. The van der Waals surface area contributed by atoms with Gasteiger partial charge in [0, 0.05) is 18.8 Å². The van der Waals surface area contributed by atoms with Crippen molar-refractivity contribution < 1.29 is 19.1 Å². The van der Waals surface area contributed by atoms with Crippen LogP contribution in [0.4, 0.5) is 4.79 Å². The minimum atomic E-state index is -0.847. The van der Waals surface area contributed by atoms with Crippen LogP contribution in [0, 0.1) is 11.3 Å². The molecule has 1 aromatic carbocycles. The van der Waals surface area contributed by atoms with Crippen LogP contribution >= 0.6 is 0 Å². The number of nitrogens with zero attached hydrogens (tertiary/aromatic N) is 2. The summed E-state index contributed by atoms with van der Waals surface area (Å²) in [5, 5.41) is 0. The van der Waals surface area contributed by atoms with Gasteiger partial charge in [0.15, 0.2) is 0 Å². The SMILES string of the molecule is CC(C)(C)CC(=O)C(CCCc1ccncc1)C(=O)N1C(=O)OCC1Cc1ccccc1. The number of amides is 2. The predicted octanol–water partition coefficient (Wildman–Crippen LogP) is 4.62. The maximum absolute atomic E-state index is 13.5. The number of benzene rings is 1. The van der Waals surface area contributed by atoms with E-state index in [9.17, 15) is 14.4 Å². The van der Waals surface area contributed by atoms with Crippen LogP contribution in [0.25, 0.3) is 0 Å². The monoisotopic (exact) mass is 436 g/mol. The second kappa shape index (κ2) is 10.5. The standard InChI is InChI=1S/C26H32N2O4/c1-26(2,3)17-23(29)22(11-7-10-19-12-14-27-15-13-19)24(30)28-21(18-32-25(28)31)16-20-8-5-4-6-9-20/h4-6,8-9,12-15,21-22H,7,10-11,16-18H2,1-3H3. The van der Waals surface area contributed by atoms with Gasteiger partial charge in [0.25, 0.3) is 0 Å². The molecule has 2 atom stereocenters. The van der Waals surface area contributed by atoms with Gasteiger partial charge in [-0.15, -0.1) is 0 Å². The van der Waals surface area contributed by atoms with Crippen molar-refractivity contribution in [1.29, 1.82) is 0 Å². The largest absolute Gasteiger partial charge is 0.447 e. The Hall–Kier alpha value is -3.02. The molecule has 6 nitrogen and oxygen atoms in total. The van der Waals surface area contributed by atoms with Crippen molar-refractivity contribution in [2.24, 2.45) is 11.3 Å². The molecule has 1 aromatic heterocycles. The second-order valence-corrected chi connectivity index (χ2v) is 9.63. The van der Waals surface area contributed by atoms with Gasteiger partial charge in [0.05, 0.1) is 12.0 Å². The van der Waals surface area contributed by atoms with Gasteiger partial charge in [0.2, 0.25) is 5.91 Å². The Bertz CT molecular complexity index is 922. The quantitative estimate of drug-likeness (QED) is 0.536. The minimum absolute atomic E-state index is 0.115. The van der Waals surface area contributed by atoms with Crippen molar-refractivity contribution in [2.45, 2.75) is 58.9 Å². The fourth-order valence-corrected chi connectivity index (χ4v) is 4.06. The van der Waals surface area contributed by atoms with Gasteiger partial charge in [0.1, 0.15) is 12.4 Å². The molecule has 2 amide bonds. The summed E-state index contributed by atoms with van der Waals surface area (Å²) in [6.07, 6.45) is 5.42. The molecule has 32 heavy (non-hydrogen) atoms. The van der Waals surface area contributed by atoms with Crippen LogP contribution in [0.15, 0.2) is 54.9 Å². The first-order valence-corrected chi connectivity index (χ1v) is 11.2. The Morgan fingerprint density at radius 3 is 2.44 bits per heavy atom. The molecule has 3 rings (SSSR count). The van der Waals surface area contributed by atoms with Gasteiger partial charge >= 0.3 is 6.09 Å². The molecule has 0 N–H and O–H groups in total. The van der Waals surface area contributed by atoms with Gasteiger partial charge < -0.3 is 4.74 Å². The van der Waals surface area contributed by atoms with E-state index >= 15 is 0 Å². The lowest BCUT2D eigenvalue weighted by Gasteiger charge is -2.26. The first-order valence-electron chi connectivity index (χ1n) is 11.2. The number of pyridine rings is 1. The maximum Gasteiger partial charge on any atom is 0.417 e. The summed E-state index contributed by atoms with van der Waals surface area (Å²) < 4.78 is 5.22. The number of Topliss-reactive ketones (excluding diaryl/α,β-unsaturated/α-hetero) is 1. The zero-order valence-corrected chi connectivity index (χ0v) is 19.1. The van der Waals surface area contributed by atoms with Crippen LogP contribution in [0.5, 0.6) is 0 Å². The Morgan fingerprint density at radius 1 is 1.09 bits per heavy atom. The molecule has 6 heteroatoms. The van der Waals surface area contributed by atoms with Crippen molar-refractivity contribution in [1.82, 2.24) is 9.88 Å². The molecule has 170 valence electrons. The molecular weight excluding hydrogens is 404 g/mol. The number of aryl methyl sites for hydroxylation is 1. The third kappa shape index (κ3) is 6.49. The smallest absolute Gasteiger partial charge is 0.417 e. The molecule has 0 spiro atoms. The van der Waals surface area contributed by atoms with Crippen LogP contribution < -0.4 is 0 Å². The fourth-order valence-electron chi connectivity index (χ4n) is 4.06. The van der Waals surface area contributed by atoms with Crippen molar-refractivity contribution in [3.8, 4) is 0 Å². The van der Waals surface area contributed by atoms with E-state index in [1.165, 1.54) is 4.90 Å². The number of ether oxygens (including phenoxy) is 1. The first kappa shape index (κ1) is 23.6. The predicted molar refractivity (Wildman–Crippen MR) is 122 cm³/mol. The van der Waals surface area contributed by atoms with Crippen LogP contribution in [0.1, 0.15) is 51.2 Å². The molecule has 0 aliphatic carbocycles. The van der Waals surface area contributed by atoms with Crippen molar-refractivity contribution in [2.75, 3.05) is 6.61 Å². The Labute approximate surface area is 190 Å². The summed E-state index contributed by atoms with van der Waals surface area (Å²) in [6, 6.07) is 13.2. The van der Waals surface area contributed by atoms with Gasteiger partial charge in [-0.1, -0.05) is 51.1 Å². The average molecular weight is 437 g/mol. The number of hydrogen-bond acceptors (Lipinski definition) is 5. The van der Waals surface area contributed by atoms with E-state index in [0.717, 1.165) is 17.5 Å². The zero-order chi connectivity index (χ0) is 23.1. The Kier molecular flexibility index (Phi) is 7.78. The third-order valence-electron chi connectivity index (χ3n) is 5.61. The highest BCUT2D eigenvalue weighted by Gasteiger charge is 2.43. The number of ketones is 1. The Morgan fingerprint density at radius 2 is 1.78 bits per heavy atom. The molecule has 2 aromatic rings. The lowest BCUT2D eigenvalue weighted by Crippen LogP contribution is -2.46. The highest BCUT2D eigenvalue weighted by Crippen LogP contribution is 2.27. The second-order valence-electron chi connectivity index (χ2n) is 9.63. The van der Waals surface area contributed by atoms with E-state index in [2.05, 4.69) is 4.98 Å². The first-order chi connectivity index (χ1) is 15.2. The van der Waals surface area contributed by atoms with E-state index in [0.29, 0.717) is 19.3 Å². The van der Waals surface area contributed by atoms with Crippen LogP contribution in [0.2, 0.25) is 0 Å². The van der Waals surface area contributed by atoms with E-state index in [4.69, 9.17) is 4.74 Å². The summed E-state index contributed by atoms with van der Waals surface area (Å²) in [4.78, 5) is 44.4. The summed E-state index contributed by atoms with van der Waals surface area (Å²) >= 11 is 0. The summed E-state index contributed by atoms with van der Waals surface area (Å²) in [5.74, 6) is -1.40. The number of cyclic esters (lactones) is 1. The zero-order valence-electron chi connectivity index (χ0n) is 19.1. The summed E-state index contributed by atoms with van der Waals surface area (Å²) in [5.41, 5.74) is 1.89. The van der Waals surface area contributed by atoms with Gasteiger partial charge in [-0.05, 0) is 54.4 Å². The van der Waals surface area contributed by atoms with Crippen LogP contribution in [-0.4, -0.2) is 40.3 Å². The van der Waals surface area contributed by atoms with Gasteiger partial charge in [-0.25, -0.2) is 9.69 Å². The normalized spacial score (nSPS) is 17.2. The molecule has 1 fully saturated rings. The Balaban J connectivity index is 1.75. The highest BCUT2D eigenvalue weighted by atomic mass is 16.6. The summed E-state index contributed by atoms with van der Waals surface area (Å²) in [6.45, 7) is 6.08. The highest BCUT2D eigenvalue weighted by molar-refractivity contribution is 6.06. The van der Waals surface area contributed by atoms with Gasteiger partial charge in [-0.3, -0.25) is 14.6 Å². The van der Waals surface area contributed by atoms with E-state index in [-0.39, 0.29) is 24.2 Å². The van der Waals surface area contributed by atoms with Crippen molar-refractivity contribution >= 4 is 17.8 Å². The number of aromatic nitrogens is 1. The maximum atomic E-state index is 13.5. The van der Waals surface area contributed by atoms with Crippen molar-refractivity contribution in [3.05, 3.63) is 66.0 Å². The minimum Gasteiger partial charge on any atom is -0.447 e. The molecular formula is C26H32N2O4. The number of imide groups is 1. The van der Waals surface area contributed by atoms with Crippen molar-refractivity contribution in [3.63, 3.8) is 0 Å². The van der Waals surface area contributed by atoms with Gasteiger partial charge in [-0.2, -0.15) is 0 Å². The molecule has 1 aliphatic rings. The summed E-state index contributed by atoms with van der Waals surface area (Å²) in [7, 11) is 0. The lowest BCUT2D eigenvalue weighted by atomic mass is 9.83. The fraction of sp³-hybridized carbons (Fsp3) is 0.462. The number of carbonyl (C=O) groups is 3. The third-order valence-corrected chi connectivity index (χ3v) is 5.61. The molecule has 1 saturated heterocycles. The number of carbonyl (C=O) groups excluding carboxylic acids is 3. The van der Waals surface area contributed by atoms with E-state index in [1.54, 1.807) is 12.4 Å². The van der Waals surface area contributed by atoms with E-state index < -0.39 is 24.0 Å². The molecule has 2 unspecified atom stereocenters. The van der Waals surface area contributed by atoms with Crippen LogP contribution in [0.3, 0.4) is 0 Å². The molecule has 2 heterocycles. The average Bonchev–Trinajstić information content (AvgIpc) is 3.11. The molecule has 0 bridgehead atoms. The molecule has 1 aliphatic heterocycles. The van der Waals surface area contributed by atoms with E-state index in [1.807, 2.05) is 63.2 Å². The topological polar surface area (TPSA) is 76.6 Å². The lowest BCUT2D eigenvalue weighted by molar-refractivity contribution is -0.140. The van der Waals surface area contributed by atoms with Crippen LogP contribution in [-0.2, 0) is 27.2 Å². The molecule has 0 radical (unpaired) electrons. The molecule has 0 saturated carbocycles.